The third-order valence-electron chi connectivity index (χ3n) is 2.59. The van der Waals surface area contributed by atoms with Gasteiger partial charge in [-0.3, -0.25) is 0 Å². The summed E-state index contributed by atoms with van der Waals surface area (Å²) >= 11 is 0. The fourth-order valence-electron chi connectivity index (χ4n) is 1.69. The maximum Gasteiger partial charge on any atom is 0.251 e. The zero-order valence-corrected chi connectivity index (χ0v) is 9.11. The summed E-state index contributed by atoms with van der Waals surface area (Å²) in [6.07, 6.45) is 5.24. The van der Waals surface area contributed by atoms with E-state index in [1.54, 1.807) is 23.3 Å². The highest BCUT2D eigenvalue weighted by Gasteiger charge is 2.05. The normalized spacial score (nSPS) is 10.9. The van der Waals surface area contributed by atoms with Crippen LogP contribution in [-0.4, -0.2) is 19.7 Å². The molecule has 3 aromatic rings. The molecule has 0 aliphatic rings. The van der Waals surface area contributed by atoms with Crippen LogP contribution in [0.2, 0.25) is 0 Å². The minimum Gasteiger partial charge on any atom is -0.326 e. The van der Waals surface area contributed by atoms with Crippen LogP contribution in [0.1, 0.15) is 5.56 Å². The number of nitrogens with two attached hydrogens (primary N) is 1. The first-order chi connectivity index (χ1) is 8.38. The predicted octanol–water partition coefficient (Wildman–Crippen LogP) is 1.27. The lowest BCUT2D eigenvalue weighted by Crippen LogP contribution is -2.05. The van der Waals surface area contributed by atoms with E-state index in [-0.39, 0.29) is 0 Å². The first-order valence-electron chi connectivity index (χ1n) is 5.32. The number of fused-ring (bicyclic) bond motifs is 1. The smallest absolute Gasteiger partial charge is 0.251 e. The van der Waals surface area contributed by atoms with Crippen LogP contribution < -0.4 is 5.73 Å². The second-order valence-electron chi connectivity index (χ2n) is 3.71. The van der Waals surface area contributed by atoms with Gasteiger partial charge < -0.3 is 5.73 Å². The Morgan fingerprint density at radius 1 is 1.06 bits per heavy atom. The highest BCUT2D eigenvalue weighted by Crippen LogP contribution is 2.15. The highest BCUT2D eigenvalue weighted by molar-refractivity contribution is 5.79. The van der Waals surface area contributed by atoms with Crippen LogP contribution in [0.15, 0.2) is 42.9 Å². The minimum absolute atomic E-state index is 0.445. The molecule has 0 bridgehead atoms. The van der Waals surface area contributed by atoms with Crippen LogP contribution in [-0.2, 0) is 6.54 Å². The number of benzene rings is 1. The van der Waals surface area contributed by atoms with Gasteiger partial charge in [0.15, 0.2) is 0 Å². The van der Waals surface area contributed by atoms with Gasteiger partial charge in [0, 0.05) is 29.9 Å². The molecule has 0 radical (unpaired) electrons. The standard InChI is InChI=1S/C12H11N5/c13-5-9-6-14-12(15-7-9)17-11-4-2-1-3-10(11)8-16-17/h1-4,6-8H,5,13H2. The summed E-state index contributed by atoms with van der Waals surface area (Å²) in [4.78, 5) is 8.50. The third kappa shape index (κ3) is 1.66. The molecule has 2 aromatic heterocycles. The van der Waals surface area contributed by atoms with Crippen molar-refractivity contribution >= 4 is 10.9 Å². The Morgan fingerprint density at radius 2 is 1.82 bits per heavy atom. The third-order valence-corrected chi connectivity index (χ3v) is 2.59. The van der Waals surface area contributed by atoms with Crippen molar-refractivity contribution in [3.8, 4) is 5.95 Å². The van der Waals surface area contributed by atoms with Crippen molar-refractivity contribution in [2.24, 2.45) is 5.73 Å². The Morgan fingerprint density at radius 3 is 2.59 bits per heavy atom. The molecule has 84 valence electrons. The average Bonchev–Trinajstić information content (AvgIpc) is 2.83. The van der Waals surface area contributed by atoms with E-state index in [1.165, 1.54) is 0 Å². The van der Waals surface area contributed by atoms with Crippen LogP contribution >= 0.6 is 0 Å². The lowest BCUT2D eigenvalue weighted by atomic mass is 10.3. The van der Waals surface area contributed by atoms with Crippen molar-refractivity contribution in [1.29, 1.82) is 0 Å². The summed E-state index contributed by atoms with van der Waals surface area (Å²) in [7, 11) is 0. The molecule has 1 aromatic carbocycles. The molecule has 3 rings (SSSR count). The van der Waals surface area contributed by atoms with Crippen LogP contribution in [0.5, 0.6) is 0 Å². The Bertz CT molecular complexity index is 641. The van der Waals surface area contributed by atoms with Gasteiger partial charge in [-0.2, -0.15) is 9.78 Å². The summed E-state index contributed by atoms with van der Waals surface area (Å²) in [6.45, 7) is 0.445. The largest absolute Gasteiger partial charge is 0.326 e. The van der Waals surface area contributed by atoms with Crippen molar-refractivity contribution in [2.75, 3.05) is 0 Å². The molecule has 5 heteroatoms. The van der Waals surface area contributed by atoms with E-state index in [4.69, 9.17) is 5.73 Å². The molecule has 2 N–H and O–H groups in total. The lowest BCUT2D eigenvalue weighted by Gasteiger charge is -2.01. The van der Waals surface area contributed by atoms with Gasteiger partial charge in [0.25, 0.3) is 5.95 Å². The molecule has 0 spiro atoms. The van der Waals surface area contributed by atoms with Gasteiger partial charge in [-0.1, -0.05) is 18.2 Å². The van der Waals surface area contributed by atoms with Gasteiger partial charge in [-0.05, 0) is 6.07 Å². The van der Waals surface area contributed by atoms with E-state index in [2.05, 4.69) is 15.1 Å². The fourth-order valence-corrected chi connectivity index (χ4v) is 1.69. The zero-order valence-electron chi connectivity index (χ0n) is 9.11. The van der Waals surface area contributed by atoms with E-state index < -0.39 is 0 Å². The van der Waals surface area contributed by atoms with Crippen molar-refractivity contribution in [2.45, 2.75) is 6.54 Å². The topological polar surface area (TPSA) is 69.6 Å². The van der Waals surface area contributed by atoms with Crippen molar-refractivity contribution in [3.05, 3.63) is 48.4 Å². The second-order valence-corrected chi connectivity index (χ2v) is 3.71. The highest BCUT2D eigenvalue weighted by atomic mass is 15.3. The van der Waals surface area contributed by atoms with Crippen LogP contribution in [0.4, 0.5) is 0 Å². The molecule has 5 nitrogen and oxygen atoms in total. The molecule has 0 atom stereocenters. The van der Waals surface area contributed by atoms with Crippen molar-refractivity contribution < 1.29 is 0 Å². The lowest BCUT2D eigenvalue weighted by molar-refractivity contribution is 0.823. The SMILES string of the molecule is NCc1cnc(-n2ncc3ccccc32)nc1. The Kier molecular flexibility index (Phi) is 2.31. The van der Waals surface area contributed by atoms with Gasteiger partial charge in [0.1, 0.15) is 0 Å². The molecule has 0 fully saturated rings. The quantitative estimate of drug-likeness (QED) is 0.713. The molecule has 0 aliphatic carbocycles. The maximum atomic E-state index is 5.51. The van der Waals surface area contributed by atoms with Gasteiger partial charge in [0.05, 0.1) is 11.7 Å². The van der Waals surface area contributed by atoms with Crippen LogP contribution in [0.3, 0.4) is 0 Å². The Hall–Kier alpha value is -2.27. The minimum atomic E-state index is 0.445. The number of rotatable bonds is 2. The molecule has 0 unspecified atom stereocenters. The molecule has 0 aliphatic heterocycles. The predicted molar refractivity (Wildman–Crippen MR) is 64.6 cm³/mol. The van der Waals surface area contributed by atoms with E-state index in [0.717, 1.165) is 16.5 Å². The Labute approximate surface area is 97.9 Å². The van der Waals surface area contributed by atoms with E-state index in [0.29, 0.717) is 12.5 Å². The summed E-state index contributed by atoms with van der Waals surface area (Å²) in [5.74, 6) is 0.559. The van der Waals surface area contributed by atoms with E-state index in [1.807, 2.05) is 24.3 Å². The number of para-hydroxylation sites is 1. The van der Waals surface area contributed by atoms with Crippen LogP contribution in [0, 0.1) is 0 Å². The van der Waals surface area contributed by atoms with Crippen molar-refractivity contribution in [1.82, 2.24) is 19.7 Å². The molecule has 17 heavy (non-hydrogen) atoms. The van der Waals surface area contributed by atoms with Gasteiger partial charge in [-0.25, -0.2) is 9.97 Å². The first-order valence-corrected chi connectivity index (χ1v) is 5.32. The monoisotopic (exact) mass is 225 g/mol. The van der Waals surface area contributed by atoms with E-state index >= 15 is 0 Å². The molecule has 0 amide bonds. The summed E-state index contributed by atoms with van der Waals surface area (Å²) in [5, 5.41) is 5.35. The Balaban J connectivity index is 2.13. The molecular weight excluding hydrogens is 214 g/mol. The first kappa shape index (κ1) is 9.92. The van der Waals surface area contributed by atoms with Gasteiger partial charge in [0.2, 0.25) is 0 Å². The van der Waals surface area contributed by atoms with Gasteiger partial charge in [-0.15, -0.1) is 0 Å². The van der Waals surface area contributed by atoms with Crippen molar-refractivity contribution in [3.63, 3.8) is 0 Å². The second kappa shape index (κ2) is 3.95. The zero-order chi connectivity index (χ0) is 11.7. The number of hydrogen-bond donors (Lipinski definition) is 1. The number of hydrogen-bond acceptors (Lipinski definition) is 4. The average molecular weight is 225 g/mol. The fraction of sp³-hybridized carbons (Fsp3) is 0.0833. The number of aromatic nitrogens is 4. The summed E-state index contributed by atoms with van der Waals surface area (Å²) < 4.78 is 1.72. The molecular formula is C12H11N5. The van der Waals surface area contributed by atoms with Crippen LogP contribution in [0.25, 0.3) is 16.9 Å². The van der Waals surface area contributed by atoms with Gasteiger partial charge >= 0.3 is 0 Å². The molecule has 0 saturated carbocycles. The number of nitrogens with zero attached hydrogens (tertiary/aromatic N) is 4. The summed E-state index contributed by atoms with van der Waals surface area (Å²) in [6, 6.07) is 7.94. The molecule has 2 heterocycles. The molecule has 0 saturated heterocycles. The summed E-state index contributed by atoms with van der Waals surface area (Å²) in [5.41, 5.74) is 7.41. The van der Waals surface area contributed by atoms with E-state index in [9.17, 15) is 0 Å². The maximum absolute atomic E-state index is 5.51.